The van der Waals surface area contributed by atoms with Crippen LogP contribution in [0.2, 0.25) is 0 Å². The second-order valence-electron chi connectivity index (χ2n) is 6.26. The monoisotopic (exact) mass is 307 g/mol. The Bertz CT molecular complexity index is 703. The predicted molar refractivity (Wildman–Crippen MR) is 88.5 cm³/mol. The largest absolute Gasteiger partial charge is 0.342 e. The Morgan fingerprint density at radius 3 is 3.00 bits per heavy atom. The molecule has 0 bridgehead atoms. The van der Waals surface area contributed by atoms with E-state index in [1.165, 1.54) is 0 Å². The minimum Gasteiger partial charge on any atom is -0.342 e. The average molecular weight is 307 g/mol. The molecule has 2 heterocycles. The number of aromatic nitrogens is 2. The Hall–Kier alpha value is -2.37. The summed E-state index contributed by atoms with van der Waals surface area (Å²) in [4.78, 5) is 10.5. The molecule has 2 atom stereocenters. The third kappa shape index (κ3) is 3.70. The van der Waals surface area contributed by atoms with Gasteiger partial charge in [-0.3, -0.25) is 0 Å². The Balaban J connectivity index is 1.66. The first-order chi connectivity index (χ1) is 11.3. The summed E-state index contributed by atoms with van der Waals surface area (Å²) in [5, 5.41) is 17.9. The van der Waals surface area contributed by atoms with E-state index in [0.717, 1.165) is 49.3 Å². The van der Waals surface area contributed by atoms with Gasteiger partial charge in [-0.2, -0.15) is 10.5 Å². The average Bonchev–Trinajstić information content (AvgIpc) is 3.03. The van der Waals surface area contributed by atoms with Crippen LogP contribution >= 0.6 is 0 Å². The van der Waals surface area contributed by atoms with E-state index in [1.807, 2.05) is 18.2 Å². The third-order valence-electron chi connectivity index (χ3n) is 4.57. The van der Waals surface area contributed by atoms with Crippen molar-refractivity contribution >= 4 is 11.0 Å². The maximum atomic E-state index is 9.26. The SMILES string of the molecule is N#CCC[C@H](C#N)CN1CCC[C@@H](c2nc3ccccc3[nH]2)C1. The van der Waals surface area contributed by atoms with Crippen LogP contribution in [0.1, 0.15) is 37.4 Å². The van der Waals surface area contributed by atoms with E-state index in [0.29, 0.717) is 18.8 Å². The molecule has 5 heteroatoms. The molecule has 0 spiro atoms. The number of nitriles is 2. The molecule has 1 aromatic carbocycles. The Morgan fingerprint density at radius 1 is 1.35 bits per heavy atom. The van der Waals surface area contributed by atoms with Gasteiger partial charge in [-0.1, -0.05) is 12.1 Å². The van der Waals surface area contributed by atoms with Crippen LogP contribution in [0.5, 0.6) is 0 Å². The maximum Gasteiger partial charge on any atom is 0.111 e. The number of piperidine rings is 1. The fraction of sp³-hybridized carbons (Fsp3) is 0.500. The molecule has 1 saturated heterocycles. The number of likely N-dealkylation sites (tertiary alicyclic amines) is 1. The number of hydrogen-bond donors (Lipinski definition) is 1. The molecule has 1 aromatic heterocycles. The van der Waals surface area contributed by atoms with Crippen LogP contribution in [0, 0.1) is 28.6 Å². The van der Waals surface area contributed by atoms with E-state index in [-0.39, 0.29) is 5.92 Å². The molecule has 1 aliphatic heterocycles. The number of para-hydroxylation sites is 2. The minimum absolute atomic E-state index is 0.0518. The number of nitrogens with one attached hydrogen (secondary N) is 1. The van der Waals surface area contributed by atoms with Gasteiger partial charge in [-0.25, -0.2) is 4.98 Å². The normalized spacial score (nSPS) is 20.0. The van der Waals surface area contributed by atoms with Crippen molar-refractivity contribution in [1.82, 2.24) is 14.9 Å². The summed E-state index contributed by atoms with van der Waals surface area (Å²) in [5.41, 5.74) is 2.10. The number of fused-ring (bicyclic) bond motifs is 1. The number of benzene rings is 1. The van der Waals surface area contributed by atoms with Crippen LogP contribution in [0.15, 0.2) is 24.3 Å². The van der Waals surface area contributed by atoms with Crippen LogP contribution in [0.3, 0.4) is 0 Å². The van der Waals surface area contributed by atoms with E-state index < -0.39 is 0 Å². The predicted octanol–water partition coefficient (Wildman–Crippen LogP) is 3.19. The summed E-state index contributed by atoms with van der Waals surface area (Å²) in [7, 11) is 0. The van der Waals surface area contributed by atoms with Gasteiger partial charge in [0.25, 0.3) is 0 Å². The van der Waals surface area contributed by atoms with Gasteiger partial charge in [0.1, 0.15) is 5.82 Å². The van der Waals surface area contributed by atoms with Crippen molar-refractivity contribution < 1.29 is 0 Å². The zero-order valence-corrected chi connectivity index (χ0v) is 13.2. The van der Waals surface area contributed by atoms with Crippen molar-refractivity contribution in [2.24, 2.45) is 5.92 Å². The van der Waals surface area contributed by atoms with Gasteiger partial charge in [-0.15, -0.1) is 0 Å². The lowest BCUT2D eigenvalue weighted by Gasteiger charge is -2.32. The molecule has 0 unspecified atom stereocenters. The summed E-state index contributed by atoms with van der Waals surface area (Å²) in [6.07, 6.45) is 3.38. The number of hydrogen-bond acceptors (Lipinski definition) is 4. The molecule has 0 amide bonds. The van der Waals surface area contributed by atoms with Crippen molar-refractivity contribution in [2.45, 2.75) is 31.6 Å². The molecule has 23 heavy (non-hydrogen) atoms. The molecule has 1 N–H and O–H groups in total. The molecule has 2 aromatic rings. The second-order valence-corrected chi connectivity index (χ2v) is 6.26. The molecular formula is C18H21N5. The smallest absolute Gasteiger partial charge is 0.111 e. The summed E-state index contributed by atoms with van der Waals surface area (Å²) in [6, 6.07) is 12.6. The van der Waals surface area contributed by atoms with E-state index in [9.17, 15) is 5.26 Å². The van der Waals surface area contributed by atoms with Crippen LogP contribution in [0.4, 0.5) is 0 Å². The summed E-state index contributed by atoms with van der Waals surface area (Å²) in [6.45, 7) is 2.72. The molecule has 3 rings (SSSR count). The number of imidazole rings is 1. The summed E-state index contributed by atoms with van der Waals surface area (Å²) < 4.78 is 0. The number of rotatable bonds is 5. The first kappa shape index (κ1) is 15.5. The van der Waals surface area contributed by atoms with Crippen molar-refractivity contribution in [3.63, 3.8) is 0 Å². The summed E-state index contributed by atoms with van der Waals surface area (Å²) in [5.74, 6) is 1.40. The zero-order valence-electron chi connectivity index (χ0n) is 13.2. The van der Waals surface area contributed by atoms with Crippen LogP contribution < -0.4 is 0 Å². The van der Waals surface area contributed by atoms with Crippen molar-refractivity contribution in [3.05, 3.63) is 30.1 Å². The van der Waals surface area contributed by atoms with Gasteiger partial charge in [0.15, 0.2) is 0 Å². The molecule has 0 aliphatic carbocycles. The first-order valence-electron chi connectivity index (χ1n) is 8.23. The molecule has 0 radical (unpaired) electrons. The van der Waals surface area contributed by atoms with Crippen LogP contribution in [0.25, 0.3) is 11.0 Å². The van der Waals surface area contributed by atoms with Crippen molar-refractivity contribution in [3.8, 4) is 12.1 Å². The quantitative estimate of drug-likeness (QED) is 0.920. The molecular weight excluding hydrogens is 286 g/mol. The highest BCUT2D eigenvalue weighted by Gasteiger charge is 2.25. The van der Waals surface area contributed by atoms with Crippen molar-refractivity contribution in [2.75, 3.05) is 19.6 Å². The lowest BCUT2D eigenvalue weighted by molar-refractivity contribution is 0.187. The molecule has 1 fully saturated rings. The van der Waals surface area contributed by atoms with Crippen LogP contribution in [-0.4, -0.2) is 34.5 Å². The Morgan fingerprint density at radius 2 is 2.22 bits per heavy atom. The zero-order chi connectivity index (χ0) is 16.1. The standard InChI is InChI=1S/C18H21N5/c19-9-3-5-14(11-20)12-23-10-4-6-15(13-23)18-21-16-7-1-2-8-17(16)22-18/h1-2,7-8,14-15H,3-6,10,12-13H2,(H,21,22)/t14-,15-/m1/s1. The van der Waals surface area contributed by atoms with E-state index >= 15 is 0 Å². The highest BCUT2D eigenvalue weighted by molar-refractivity contribution is 5.74. The number of aromatic amines is 1. The second kappa shape index (κ2) is 7.26. The van der Waals surface area contributed by atoms with E-state index in [4.69, 9.17) is 10.2 Å². The highest BCUT2D eigenvalue weighted by atomic mass is 15.1. The highest BCUT2D eigenvalue weighted by Crippen LogP contribution is 2.27. The number of H-pyrrole nitrogens is 1. The Labute approximate surface area is 136 Å². The first-order valence-corrected chi connectivity index (χ1v) is 8.23. The van der Waals surface area contributed by atoms with Gasteiger partial charge in [0, 0.05) is 25.4 Å². The van der Waals surface area contributed by atoms with Crippen LogP contribution in [-0.2, 0) is 0 Å². The summed E-state index contributed by atoms with van der Waals surface area (Å²) >= 11 is 0. The minimum atomic E-state index is -0.0518. The fourth-order valence-corrected chi connectivity index (χ4v) is 3.36. The van der Waals surface area contributed by atoms with E-state index in [1.54, 1.807) is 0 Å². The van der Waals surface area contributed by atoms with Gasteiger partial charge in [-0.05, 0) is 37.9 Å². The van der Waals surface area contributed by atoms with Crippen molar-refractivity contribution in [1.29, 1.82) is 10.5 Å². The number of nitrogens with zero attached hydrogens (tertiary/aromatic N) is 4. The fourth-order valence-electron chi connectivity index (χ4n) is 3.36. The molecule has 0 saturated carbocycles. The third-order valence-corrected chi connectivity index (χ3v) is 4.57. The van der Waals surface area contributed by atoms with Gasteiger partial charge >= 0.3 is 0 Å². The molecule has 118 valence electrons. The van der Waals surface area contributed by atoms with Gasteiger partial charge in [0.05, 0.1) is 29.1 Å². The van der Waals surface area contributed by atoms with Gasteiger partial charge in [0.2, 0.25) is 0 Å². The molecule has 5 nitrogen and oxygen atoms in total. The molecule has 1 aliphatic rings. The maximum absolute atomic E-state index is 9.26. The van der Waals surface area contributed by atoms with E-state index in [2.05, 4.69) is 28.1 Å². The topological polar surface area (TPSA) is 79.5 Å². The Kier molecular flexibility index (Phi) is 4.90. The van der Waals surface area contributed by atoms with Gasteiger partial charge < -0.3 is 9.88 Å². The lowest BCUT2D eigenvalue weighted by Crippen LogP contribution is -2.37. The lowest BCUT2D eigenvalue weighted by atomic mass is 9.95.